The summed E-state index contributed by atoms with van der Waals surface area (Å²) in [5.41, 5.74) is 6.74. The number of hydrogen-bond acceptors (Lipinski definition) is 4. The molecule has 4 heteroatoms. The van der Waals surface area contributed by atoms with Crippen molar-refractivity contribution in [2.75, 3.05) is 44.0 Å². The molecule has 0 amide bonds. The fraction of sp³-hybridized carbons (Fsp3) is 0.333. The van der Waals surface area contributed by atoms with Crippen molar-refractivity contribution in [1.29, 1.82) is 0 Å². The van der Waals surface area contributed by atoms with Crippen LogP contribution in [0.4, 0.5) is 11.4 Å². The third kappa shape index (κ3) is 4.76. The summed E-state index contributed by atoms with van der Waals surface area (Å²) in [5, 5.41) is 10.9. The van der Waals surface area contributed by atoms with Crippen LogP contribution in [0.1, 0.15) is 23.8 Å². The van der Waals surface area contributed by atoms with Gasteiger partial charge in [-0.3, -0.25) is 0 Å². The molecular formula is C27H33N3O. The molecule has 3 aromatic carbocycles. The molecule has 0 bridgehead atoms. The van der Waals surface area contributed by atoms with Crippen molar-refractivity contribution >= 4 is 11.4 Å². The topological polar surface area (TPSA) is 30.0 Å². The number of aliphatic hydroxyl groups is 1. The molecule has 1 heterocycles. The van der Waals surface area contributed by atoms with E-state index in [-0.39, 0.29) is 0 Å². The van der Waals surface area contributed by atoms with E-state index in [9.17, 15) is 5.11 Å². The predicted octanol–water partition coefficient (Wildman–Crippen LogP) is 4.93. The van der Waals surface area contributed by atoms with Gasteiger partial charge in [0.1, 0.15) is 0 Å². The summed E-state index contributed by atoms with van der Waals surface area (Å²) in [6, 6.07) is 25.8. The summed E-state index contributed by atoms with van der Waals surface area (Å²) in [5.74, 6) is 0. The monoisotopic (exact) mass is 415 g/mol. The number of aliphatic hydroxyl groups excluding tert-OH is 1. The van der Waals surface area contributed by atoms with Gasteiger partial charge in [-0.05, 0) is 62.8 Å². The molecule has 2 unspecified atom stereocenters. The molecule has 0 aromatic heterocycles. The highest BCUT2D eigenvalue weighted by atomic mass is 16.3. The average molecular weight is 416 g/mol. The first-order chi connectivity index (χ1) is 14.9. The molecule has 4 nitrogen and oxygen atoms in total. The normalized spacial score (nSPS) is 17.2. The minimum absolute atomic E-state index is 0.618. The van der Waals surface area contributed by atoms with E-state index in [1.807, 2.05) is 24.1 Å². The van der Waals surface area contributed by atoms with Crippen LogP contribution in [0.15, 0.2) is 72.8 Å². The summed E-state index contributed by atoms with van der Waals surface area (Å²) in [4.78, 5) is 6.66. The van der Waals surface area contributed by atoms with E-state index in [1.54, 1.807) is 0 Å². The molecule has 0 spiro atoms. The first-order valence-electron chi connectivity index (χ1n) is 11.0. The number of likely N-dealkylation sites (N-methyl/N-ethyl adjacent to an activating group) is 1. The molecular weight excluding hydrogens is 382 g/mol. The van der Waals surface area contributed by atoms with E-state index in [0.29, 0.717) is 6.04 Å². The van der Waals surface area contributed by atoms with Gasteiger partial charge >= 0.3 is 0 Å². The Morgan fingerprint density at radius 1 is 0.903 bits per heavy atom. The smallest absolute Gasteiger partial charge is 0.153 e. The van der Waals surface area contributed by atoms with Crippen LogP contribution in [0.3, 0.4) is 0 Å². The van der Waals surface area contributed by atoms with Crippen molar-refractivity contribution in [3.63, 3.8) is 0 Å². The third-order valence-corrected chi connectivity index (χ3v) is 6.44. The Bertz CT molecular complexity index is 998. The van der Waals surface area contributed by atoms with E-state index in [1.165, 1.54) is 23.2 Å². The van der Waals surface area contributed by atoms with Gasteiger partial charge in [0.05, 0.1) is 0 Å². The molecule has 3 aromatic rings. The Hall–Kier alpha value is -2.82. The summed E-state index contributed by atoms with van der Waals surface area (Å²) >= 11 is 0. The number of nitrogens with zero attached hydrogens (tertiary/aromatic N) is 3. The number of benzene rings is 3. The zero-order valence-electron chi connectivity index (χ0n) is 19.0. The van der Waals surface area contributed by atoms with Crippen molar-refractivity contribution < 1.29 is 5.11 Å². The second-order valence-electron chi connectivity index (χ2n) is 8.84. The molecule has 1 aliphatic rings. The van der Waals surface area contributed by atoms with Gasteiger partial charge in [0, 0.05) is 43.1 Å². The summed E-state index contributed by atoms with van der Waals surface area (Å²) in [7, 11) is 6.24. The Morgan fingerprint density at radius 2 is 1.61 bits per heavy atom. The van der Waals surface area contributed by atoms with Gasteiger partial charge in [0.15, 0.2) is 6.23 Å². The van der Waals surface area contributed by atoms with Gasteiger partial charge < -0.3 is 19.8 Å². The van der Waals surface area contributed by atoms with Gasteiger partial charge in [0.25, 0.3) is 0 Å². The second kappa shape index (κ2) is 9.13. The molecule has 0 saturated carbocycles. The van der Waals surface area contributed by atoms with E-state index in [0.717, 1.165) is 29.9 Å². The predicted molar refractivity (Wildman–Crippen MR) is 131 cm³/mol. The lowest BCUT2D eigenvalue weighted by Crippen LogP contribution is -2.31. The summed E-state index contributed by atoms with van der Waals surface area (Å²) in [6.45, 7) is 4.26. The van der Waals surface area contributed by atoms with Crippen molar-refractivity contribution in [2.24, 2.45) is 0 Å². The van der Waals surface area contributed by atoms with Crippen LogP contribution in [0, 0.1) is 6.92 Å². The Labute approximate surface area is 186 Å². The van der Waals surface area contributed by atoms with Crippen LogP contribution in [0.25, 0.3) is 11.1 Å². The van der Waals surface area contributed by atoms with Crippen LogP contribution in [-0.4, -0.2) is 50.3 Å². The molecule has 1 N–H and O–H groups in total. The van der Waals surface area contributed by atoms with Crippen LogP contribution >= 0.6 is 0 Å². The quantitative estimate of drug-likeness (QED) is 0.578. The standard InChI is InChI=1S/C27H33N3O/c1-20-6-5-7-23(18-20)21-8-10-22(11-9-21)27(31)29(4)24-12-14-25(15-13-24)30-17-16-26(19-30)28(2)3/h5-15,18,26-27,31H,16-17,19H2,1-4H3. The van der Waals surface area contributed by atoms with Crippen LogP contribution in [0.2, 0.25) is 0 Å². The number of aryl methyl sites for hydroxylation is 1. The largest absolute Gasteiger partial charge is 0.370 e. The van der Waals surface area contributed by atoms with E-state index in [2.05, 4.69) is 91.5 Å². The average Bonchev–Trinajstić information content (AvgIpc) is 3.29. The number of anilines is 2. The maximum Gasteiger partial charge on any atom is 0.153 e. The third-order valence-electron chi connectivity index (χ3n) is 6.44. The van der Waals surface area contributed by atoms with Gasteiger partial charge in [-0.25, -0.2) is 0 Å². The molecule has 1 saturated heterocycles. The minimum Gasteiger partial charge on any atom is -0.370 e. The van der Waals surface area contributed by atoms with E-state index in [4.69, 9.17) is 0 Å². The zero-order chi connectivity index (χ0) is 22.0. The lowest BCUT2D eigenvalue weighted by atomic mass is 10.0. The fourth-order valence-electron chi connectivity index (χ4n) is 4.33. The minimum atomic E-state index is -0.692. The maximum atomic E-state index is 10.9. The molecule has 162 valence electrons. The van der Waals surface area contributed by atoms with Crippen LogP contribution in [-0.2, 0) is 0 Å². The lowest BCUT2D eigenvalue weighted by Gasteiger charge is -2.27. The molecule has 0 radical (unpaired) electrons. The fourth-order valence-corrected chi connectivity index (χ4v) is 4.33. The summed E-state index contributed by atoms with van der Waals surface area (Å²) in [6.07, 6.45) is 0.508. The van der Waals surface area contributed by atoms with Gasteiger partial charge in [-0.1, -0.05) is 54.1 Å². The molecule has 1 aliphatic heterocycles. The highest BCUT2D eigenvalue weighted by Crippen LogP contribution is 2.29. The molecule has 31 heavy (non-hydrogen) atoms. The second-order valence-corrected chi connectivity index (χ2v) is 8.84. The van der Waals surface area contributed by atoms with E-state index < -0.39 is 6.23 Å². The molecule has 4 rings (SSSR count). The van der Waals surface area contributed by atoms with Crippen LogP contribution < -0.4 is 9.80 Å². The summed E-state index contributed by atoms with van der Waals surface area (Å²) < 4.78 is 0. The lowest BCUT2D eigenvalue weighted by molar-refractivity contribution is 0.178. The van der Waals surface area contributed by atoms with Crippen molar-refractivity contribution in [3.8, 4) is 11.1 Å². The van der Waals surface area contributed by atoms with Gasteiger partial charge in [-0.15, -0.1) is 0 Å². The first kappa shape index (κ1) is 21.4. The van der Waals surface area contributed by atoms with Crippen molar-refractivity contribution in [3.05, 3.63) is 83.9 Å². The molecule has 2 atom stereocenters. The Morgan fingerprint density at radius 3 is 2.23 bits per heavy atom. The van der Waals surface area contributed by atoms with Crippen molar-refractivity contribution in [2.45, 2.75) is 25.6 Å². The first-order valence-corrected chi connectivity index (χ1v) is 11.0. The number of rotatable bonds is 6. The number of hydrogen-bond donors (Lipinski definition) is 1. The van der Waals surface area contributed by atoms with Crippen LogP contribution in [0.5, 0.6) is 0 Å². The highest BCUT2D eigenvalue weighted by Gasteiger charge is 2.24. The van der Waals surface area contributed by atoms with Crippen molar-refractivity contribution in [1.82, 2.24) is 4.90 Å². The molecule has 0 aliphatic carbocycles. The highest BCUT2D eigenvalue weighted by molar-refractivity contribution is 5.65. The Balaban J connectivity index is 1.43. The SMILES string of the molecule is Cc1cccc(-c2ccc(C(O)N(C)c3ccc(N4CCC(N(C)C)C4)cc3)cc2)c1. The maximum absolute atomic E-state index is 10.9. The Kier molecular flexibility index (Phi) is 6.30. The van der Waals surface area contributed by atoms with Gasteiger partial charge in [-0.2, -0.15) is 0 Å². The van der Waals surface area contributed by atoms with E-state index >= 15 is 0 Å². The molecule has 1 fully saturated rings. The van der Waals surface area contributed by atoms with Gasteiger partial charge in [0.2, 0.25) is 0 Å². The zero-order valence-corrected chi connectivity index (χ0v) is 19.0.